The Bertz CT molecular complexity index is 748. The fourth-order valence-corrected chi connectivity index (χ4v) is 5.97. The average molecular weight is 487 g/mol. The molecule has 2 aliphatic carbocycles. The third kappa shape index (κ3) is 8.57. The summed E-state index contributed by atoms with van der Waals surface area (Å²) in [5.74, 6) is -0.938. The number of hydrogen-bond acceptors (Lipinski definition) is 1. The molecule has 0 bridgehead atoms. The molecule has 0 amide bonds. The van der Waals surface area contributed by atoms with Crippen LogP contribution in [0.1, 0.15) is 96.0 Å². The fourth-order valence-electron chi connectivity index (χ4n) is 5.97. The van der Waals surface area contributed by atoms with Gasteiger partial charge in [-0.15, -0.1) is 13.2 Å². The van der Waals surface area contributed by atoms with Gasteiger partial charge in [0.25, 0.3) is 0 Å². The second-order valence-electron chi connectivity index (χ2n) is 10.4. The maximum atomic E-state index is 13.9. The van der Waals surface area contributed by atoms with Crippen LogP contribution in [0.2, 0.25) is 0 Å². The summed E-state index contributed by atoms with van der Waals surface area (Å²) in [5, 5.41) is 0. The number of ether oxygens (including phenoxy) is 1. The number of allylic oxidation sites excluding steroid dienone is 2. The lowest BCUT2D eigenvalue weighted by Gasteiger charge is -2.38. The number of hydrogen-bond donors (Lipinski definition) is 0. The number of rotatable bonds is 10. The van der Waals surface area contributed by atoms with Gasteiger partial charge < -0.3 is 4.74 Å². The molecular weight excluding hydrogens is 447 g/mol. The zero-order valence-electron chi connectivity index (χ0n) is 20.3. The van der Waals surface area contributed by atoms with E-state index >= 15 is 0 Å². The Balaban J connectivity index is 1.37. The van der Waals surface area contributed by atoms with Crippen LogP contribution in [0.15, 0.2) is 24.3 Å². The first-order valence-corrected chi connectivity index (χ1v) is 13.1. The molecule has 0 unspecified atom stereocenters. The molecule has 0 radical (unpaired) electrons. The summed E-state index contributed by atoms with van der Waals surface area (Å²) in [7, 11) is 0. The molecule has 0 aliphatic heterocycles. The van der Waals surface area contributed by atoms with E-state index in [-0.39, 0.29) is 0 Å². The molecular formula is C28H39F5O. The van der Waals surface area contributed by atoms with E-state index in [9.17, 15) is 22.0 Å². The number of halogens is 5. The molecule has 1 nitrogen and oxygen atoms in total. The number of unbranched alkanes of at least 4 members (excludes halogenated alkanes) is 1. The predicted molar refractivity (Wildman–Crippen MR) is 126 cm³/mol. The van der Waals surface area contributed by atoms with Crippen molar-refractivity contribution in [2.75, 3.05) is 0 Å². The van der Waals surface area contributed by atoms with E-state index in [1.54, 1.807) is 0 Å². The van der Waals surface area contributed by atoms with Crippen LogP contribution in [0.3, 0.4) is 0 Å². The van der Waals surface area contributed by atoms with Gasteiger partial charge in [-0.1, -0.05) is 51.2 Å². The van der Waals surface area contributed by atoms with Crippen LogP contribution < -0.4 is 4.74 Å². The zero-order valence-corrected chi connectivity index (χ0v) is 20.3. The summed E-state index contributed by atoms with van der Waals surface area (Å²) in [6.45, 7) is 2.21. The van der Waals surface area contributed by atoms with Gasteiger partial charge >= 0.3 is 6.36 Å². The van der Waals surface area contributed by atoms with E-state index in [0.717, 1.165) is 49.1 Å². The maximum absolute atomic E-state index is 13.9. The molecule has 1 aromatic rings. The molecule has 0 saturated heterocycles. The van der Waals surface area contributed by atoms with Gasteiger partial charge in [0.2, 0.25) is 5.75 Å². The van der Waals surface area contributed by atoms with Crippen LogP contribution in [0.25, 0.3) is 0 Å². The molecule has 3 rings (SSSR count). The van der Waals surface area contributed by atoms with E-state index in [2.05, 4.69) is 23.8 Å². The highest BCUT2D eigenvalue weighted by Crippen LogP contribution is 2.43. The van der Waals surface area contributed by atoms with Crippen molar-refractivity contribution in [3.8, 4) is 5.75 Å². The van der Waals surface area contributed by atoms with Gasteiger partial charge in [-0.25, -0.2) is 8.78 Å². The van der Waals surface area contributed by atoms with Crippen molar-refractivity contribution >= 4 is 0 Å². The topological polar surface area (TPSA) is 9.23 Å². The average Bonchev–Trinajstić information content (AvgIpc) is 2.80. The molecule has 34 heavy (non-hydrogen) atoms. The molecule has 6 heteroatoms. The quantitative estimate of drug-likeness (QED) is 0.236. The highest BCUT2D eigenvalue weighted by Gasteiger charge is 2.34. The Morgan fingerprint density at radius 2 is 1.29 bits per heavy atom. The Morgan fingerprint density at radius 1 is 0.794 bits per heavy atom. The number of benzene rings is 1. The summed E-state index contributed by atoms with van der Waals surface area (Å²) in [6, 6.07) is 1.93. The van der Waals surface area contributed by atoms with Gasteiger partial charge in [-0.2, -0.15) is 0 Å². The van der Waals surface area contributed by atoms with Gasteiger partial charge in [0, 0.05) is 0 Å². The Kier molecular flexibility index (Phi) is 10.3. The van der Waals surface area contributed by atoms with Gasteiger partial charge in [0.1, 0.15) is 0 Å². The molecule has 0 atom stereocenters. The molecule has 0 aromatic heterocycles. The summed E-state index contributed by atoms with van der Waals surface area (Å²) in [6.07, 6.45) is 15.9. The molecule has 192 valence electrons. The number of alkyl halides is 3. The van der Waals surface area contributed by atoms with E-state index in [1.807, 2.05) is 0 Å². The Hall–Kier alpha value is -1.59. The SMILES string of the molecule is CCCC=CCCC1CCC(C2CCC(CCc3cc(F)c(OC(F)(F)F)c(F)c3)CC2)CC1. The first-order valence-electron chi connectivity index (χ1n) is 13.1. The van der Waals surface area contributed by atoms with E-state index in [0.29, 0.717) is 17.9 Å². The number of aryl methyl sites for hydroxylation is 1. The Labute approximate surface area is 201 Å². The van der Waals surface area contributed by atoms with E-state index < -0.39 is 23.7 Å². The van der Waals surface area contributed by atoms with Crippen LogP contribution in [-0.4, -0.2) is 6.36 Å². The molecule has 1 aromatic carbocycles. The lowest BCUT2D eigenvalue weighted by atomic mass is 9.68. The predicted octanol–water partition coefficient (Wildman–Crippen LogP) is 9.55. The third-order valence-corrected chi connectivity index (χ3v) is 7.93. The lowest BCUT2D eigenvalue weighted by Crippen LogP contribution is -2.26. The minimum Gasteiger partial charge on any atom is -0.399 e. The molecule has 0 spiro atoms. The minimum absolute atomic E-state index is 0.384. The monoisotopic (exact) mass is 486 g/mol. The molecule has 0 N–H and O–H groups in total. The standard InChI is InChI=1S/C28H39F5O/c1-2-3-4-5-6-7-20-10-14-23(15-11-20)24-16-12-21(13-17-24)8-9-22-18-25(29)27(26(30)19-22)34-28(31,32)33/h4-5,18-21,23-24H,2-3,6-17H2,1H3. The van der Waals surface area contributed by atoms with Crippen LogP contribution in [-0.2, 0) is 6.42 Å². The van der Waals surface area contributed by atoms with Gasteiger partial charge in [-0.05, 0) is 99.2 Å². The van der Waals surface area contributed by atoms with E-state index in [4.69, 9.17) is 0 Å². The lowest BCUT2D eigenvalue weighted by molar-refractivity contribution is -0.276. The zero-order chi connectivity index (χ0) is 24.6. The van der Waals surface area contributed by atoms with Crippen LogP contribution >= 0.6 is 0 Å². The summed E-state index contributed by atoms with van der Waals surface area (Å²) < 4.78 is 68.3. The normalized spacial score (nSPS) is 26.2. The van der Waals surface area contributed by atoms with Crippen molar-refractivity contribution in [2.45, 2.75) is 103 Å². The van der Waals surface area contributed by atoms with Crippen molar-refractivity contribution in [1.82, 2.24) is 0 Å². The van der Waals surface area contributed by atoms with Crippen LogP contribution in [0, 0.1) is 35.3 Å². The highest BCUT2D eigenvalue weighted by molar-refractivity contribution is 5.31. The first-order chi connectivity index (χ1) is 16.2. The summed E-state index contributed by atoms with van der Waals surface area (Å²) >= 11 is 0. The maximum Gasteiger partial charge on any atom is 0.573 e. The smallest absolute Gasteiger partial charge is 0.399 e. The van der Waals surface area contributed by atoms with Crippen molar-refractivity contribution in [1.29, 1.82) is 0 Å². The molecule has 2 fully saturated rings. The summed E-state index contributed by atoms with van der Waals surface area (Å²) in [5.41, 5.74) is 0.384. The van der Waals surface area contributed by atoms with Crippen molar-refractivity contribution in [3.63, 3.8) is 0 Å². The van der Waals surface area contributed by atoms with Gasteiger partial charge in [0.05, 0.1) is 0 Å². The van der Waals surface area contributed by atoms with Crippen molar-refractivity contribution in [2.24, 2.45) is 23.7 Å². The van der Waals surface area contributed by atoms with Crippen LogP contribution in [0.5, 0.6) is 5.75 Å². The largest absolute Gasteiger partial charge is 0.573 e. The van der Waals surface area contributed by atoms with Crippen LogP contribution in [0.4, 0.5) is 22.0 Å². The van der Waals surface area contributed by atoms with Gasteiger partial charge in [0.15, 0.2) is 11.6 Å². The second-order valence-corrected chi connectivity index (χ2v) is 10.4. The molecule has 2 aliphatic rings. The second kappa shape index (κ2) is 12.9. The van der Waals surface area contributed by atoms with Crippen molar-refractivity contribution in [3.05, 3.63) is 41.5 Å². The van der Waals surface area contributed by atoms with Gasteiger partial charge in [-0.3, -0.25) is 0 Å². The first kappa shape index (κ1) is 27.0. The third-order valence-electron chi connectivity index (χ3n) is 7.93. The Morgan fingerprint density at radius 3 is 1.79 bits per heavy atom. The minimum atomic E-state index is -5.12. The molecule has 0 heterocycles. The van der Waals surface area contributed by atoms with E-state index in [1.165, 1.54) is 64.2 Å². The molecule has 2 saturated carbocycles. The fraction of sp³-hybridized carbons (Fsp3) is 0.714. The highest BCUT2D eigenvalue weighted by atomic mass is 19.4. The summed E-state index contributed by atoms with van der Waals surface area (Å²) in [4.78, 5) is 0. The van der Waals surface area contributed by atoms with Crippen molar-refractivity contribution < 1.29 is 26.7 Å².